The van der Waals surface area contributed by atoms with Gasteiger partial charge >= 0.3 is 5.97 Å². The number of aromatic amines is 1. The maximum Gasteiger partial charge on any atom is 0.370 e. The van der Waals surface area contributed by atoms with Crippen LogP contribution in [0.25, 0.3) is 10.9 Å². The molecule has 3 aliphatic heterocycles. The number of fused-ring (bicyclic) bond motifs is 9. The predicted molar refractivity (Wildman–Crippen MR) is 152 cm³/mol. The van der Waals surface area contributed by atoms with E-state index in [-0.39, 0.29) is 35.9 Å². The van der Waals surface area contributed by atoms with Crippen LogP contribution in [0, 0.1) is 11.3 Å². The molecule has 44 heavy (non-hydrogen) atoms. The van der Waals surface area contributed by atoms with Crippen LogP contribution < -0.4 is 0 Å². The number of carbonyl (C=O) groups is 4. The highest BCUT2D eigenvalue weighted by atomic mass is 16.8. The van der Waals surface area contributed by atoms with Crippen LogP contribution >= 0.6 is 0 Å². The number of H-pyrrole nitrogens is 1. The monoisotopic (exact) mass is 602 g/mol. The molecule has 230 valence electrons. The summed E-state index contributed by atoms with van der Waals surface area (Å²) in [5.74, 6) is -3.89. The molecule has 4 heterocycles. The van der Waals surface area contributed by atoms with Gasteiger partial charge in [0, 0.05) is 52.3 Å². The number of carbonyl (C=O) groups excluding carboxylic acids is 4. The number of imide groups is 1. The predicted octanol–water partition coefficient (Wildman–Crippen LogP) is 3.05. The van der Waals surface area contributed by atoms with E-state index in [4.69, 9.17) is 19.0 Å². The van der Waals surface area contributed by atoms with Gasteiger partial charge in [0.2, 0.25) is 0 Å². The van der Waals surface area contributed by atoms with Crippen LogP contribution in [0.3, 0.4) is 0 Å². The van der Waals surface area contributed by atoms with E-state index in [1.165, 1.54) is 6.08 Å². The maximum absolute atomic E-state index is 13.5. The molecule has 0 radical (unpaired) electrons. The molecule has 1 aromatic carbocycles. The van der Waals surface area contributed by atoms with Crippen molar-refractivity contribution in [2.24, 2.45) is 11.3 Å². The van der Waals surface area contributed by atoms with Crippen molar-refractivity contribution >= 4 is 34.5 Å². The number of allylic oxidation sites excluding steroid dienone is 1. The number of hydrogen-bond donors (Lipinski definition) is 2. The second-order valence-corrected chi connectivity index (χ2v) is 13.9. The Morgan fingerprint density at radius 2 is 1.82 bits per heavy atom. The second-order valence-electron chi connectivity index (χ2n) is 13.9. The molecule has 6 aliphatic rings. The van der Waals surface area contributed by atoms with Gasteiger partial charge in [-0.25, -0.2) is 4.79 Å². The molecule has 11 heteroatoms. The Balaban J connectivity index is 1.25. The number of aliphatic hydroxyl groups is 1. The fraction of sp³-hybridized carbons (Fsp3) is 0.515. The maximum atomic E-state index is 13.5. The highest BCUT2D eigenvalue weighted by molar-refractivity contribution is 6.01. The van der Waals surface area contributed by atoms with Crippen LogP contribution in [-0.4, -0.2) is 68.4 Å². The number of amides is 2. The van der Waals surface area contributed by atoms with Crippen LogP contribution in [0.1, 0.15) is 64.6 Å². The molecule has 1 spiro atoms. The zero-order chi connectivity index (χ0) is 31.0. The first-order valence-corrected chi connectivity index (χ1v) is 15.1. The molecule has 3 aliphatic carbocycles. The van der Waals surface area contributed by atoms with E-state index in [1.807, 2.05) is 31.2 Å². The van der Waals surface area contributed by atoms with Crippen molar-refractivity contribution in [2.45, 2.75) is 88.3 Å². The summed E-state index contributed by atoms with van der Waals surface area (Å²) >= 11 is 0. The van der Waals surface area contributed by atoms with Gasteiger partial charge in [-0.2, -0.15) is 0 Å². The molecular weight excluding hydrogens is 568 g/mol. The number of aromatic nitrogens is 1. The van der Waals surface area contributed by atoms with E-state index >= 15 is 0 Å². The Morgan fingerprint density at radius 3 is 2.57 bits per heavy atom. The number of rotatable bonds is 4. The van der Waals surface area contributed by atoms with Crippen LogP contribution in [0.5, 0.6) is 0 Å². The molecule has 2 amide bonds. The number of ether oxygens (including phenoxy) is 3. The number of hydrogen-bond acceptors (Lipinski definition) is 9. The van der Waals surface area contributed by atoms with Crippen LogP contribution in [0.15, 0.2) is 47.7 Å². The van der Waals surface area contributed by atoms with Crippen molar-refractivity contribution in [3.63, 3.8) is 0 Å². The summed E-state index contributed by atoms with van der Waals surface area (Å²) in [6, 6.07) is 8.10. The van der Waals surface area contributed by atoms with Gasteiger partial charge in [-0.15, -0.1) is 5.06 Å². The summed E-state index contributed by atoms with van der Waals surface area (Å²) in [5.41, 5.74) is -1.03. The van der Waals surface area contributed by atoms with Crippen LogP contribution in [0.4, 0.5) is 0 Å². The molecule has 2 bridgehead atoms. The third-order valence-electron chi connectivity index (χ3n) is 11.4. The first kappa shape index (κ1) is 27.7. The normalized spacial score (nSPS) is 38.1. The van der Waals surface area contributed by atoms with E-state index in [1.54, 1.807) is 13.8 Å². The Kier molecular flexibility index (Phi) is 5.33. The lowest BCUT2D eigenvalue weighted by Gasteiger charge is -2.64. The van der Waals surface area contributed by atoms with Gasteiger partial charge in [-0.05, 0) is 56.4 Å². The van der Waals surface area contributed by atoms with Crippen molar-refractivity contribution in [3.05, 3.63) is 59.0 Å². The smallest absolute Gasteiger partial charge is 0.370 e. The fourth-order valence-electron chi connectivity index (χ4n) is 8.99. The number of nitrogens with zero attached hydrogens (tertiary/aromatic N) is 1. The van der Waals surface area contributed by atoms with E-state index in [0.717, 1.165) is 22.2 Å². The van der Waals surface area contributed by atoms with Gasteiger partial charge in [0.1, 0.15) is 11.4 Å². The summed E-state index contributed by atoms with van der Waals surface area (Å²) in [6.45, 7) is 7.07. The minimum Gasteiger partial charge on any atom is -0.483 e. The van der Waals surface area contributed by atoms with E-state index in [2.05, 4.69) is 18.0 Å². The van der Waals surface area contributed by atoms with Gasteiger partial charge in [-0.1, -0.05) is 32.0 Å². The van der Waals surface area contributed by atoms with Gasteiger partial charge in [0.05, 0.1) is 0 Å². The Hall–Kier alpha value is -3.80. The zero-order valence-electron chi connectivity index (χ0n) is 25.0. The molecule has 8 rings (SSSR count). The van der Waals surface area contributed by atoms with Gasteiger partial charge in [0.25, 0.3) is 11.8 Å². The summed E-state index contributed by atoms with van der Waals surface area (Å²) in [4.78, 5) is 59.1. The molecule has 2 aromatic rings. The molecule has 2 saturated heterocycles. The first-order chi connectivity index (χ1) is 20.7. The summed E-state index contributed by atoms with van der Waals surface area (Å²) in [6.07, 6.45) is 3.92. The quantitative estimate of drug-likeness (QED) is 0.505. The lowest BCUT2D eigenvalue weighted by molar-refractivity contribution is -0.238. The average Bonchev–Trinajstić information content (AvgIpc) is 3.66. The summed E-state index contributed by atoms with van der Waals surface area (Å²) < 4.78 is 19.0. The van der Waals surface area contributed by atoms with Crippen LogP contribution in [0.2, 0.25) is 0 Å². The SMILES string of the molecule is CC1(C)OC23CCC4(C)[C@@](O)(C(OCC(=O)ON5C(=O)CCC5=O)=CC5Cc6c([nH]c7ccccc67)[C@@]54C)C2=CC(=O)C1O3. The minimum absolute atomic E-state index is 0.0348. The molecule has 1 saturated carbocycles. The largest absolute Gasteiger partial charge is 0.483 e. The van der Waals surface area contributed by atoms with Crippen molar-refractivity contribution in [3.8, 4) is 0 Å². The molecular formula is C33H34N2O9. The van der Waals surface area contributed by atoms with Crippen molar-refractivity contribution in [2.75, 3.05) is 6.61 Å². The summed E-state index contributed by atoms with van der Waals surface area (Å²) in [5, 5.41) is 14.8. The highest BCUT2D eigenvalue weighted by Crippen LogP contribution is 2.71. The van der Waals surface area contributed by atoms with E-state index in [0.29, 0.717) is 24.3 Å². The zero-order valence-corrected chi connectivity index (χ0v) is 25.0. The van der Waals surface area contributed by atoms with E-state index < -0.39 is 58.3 Å². The van der Waals surface area contributed by atoms with E-state index in [9.17, 15) is 24.3 Å². The number of hydroxylamine groups is 2. The highest BCUT2D eigenvalue weighted by Gasteiger charge is 2.76. The standard InChI is InChI=1S/C33H34N2O9/c1-29(2)28-21(36)15-22-32(42-28,44-29)12-11-30(3)31(4)17(13-19-18-7-5-6-8-20(18)34-27(19)31)14-23(33(22,30)40)41-16-26(39)43-35-24(37)9-10-25(35)38/h5-8,14-15,17,28,34,40H,9-13,16H2,1-4H3/t17?,28?,30?,31-,32?,33+/m1/s1. The van der Waals surface area contributed by atoms with Crippen molar-refractivity contribution in [1.82, 2.24) is 10.0 Å². The van der Waals surface area contributed by atoms with Crippen molar-refractivity contribution in [1.29, 1.82) is 0 Å². The van der Waals surface area contributed by atoms with Crippen molar-refractivity contribution < 1.29 is 43.3 Å². The topological polar surface area (TPSA) is 144 Å². The molecule has 6 atom stereocenters. The number of benzene rings is 1. The molecule has 4 unspecified atom stereocenters. The lowest BCUT2D eigenvalue weighted by atomic mass is 9.43. The van der Waals surface area contributed by atoms with Gasteiger partial charge < -0.3 is 29.1 Å². The van der Waals surface area contributed by atoms with Gasteiger partial charge in [-0.3, -0.25) is 14.4 Å². The number of para-hydroxylation sites is 1. The Bertz CT molecular complexity index is 1750. The first-order valence-electron chi connectivity index (χ1n) is 15.1. The molecule has 2 N–H and O–H groups in total. The third-order valence-corrected chi connectivity index (χ3v) is 11.4. The second kappa shape index (κ2) is 8.47. The molecule has 11 nitrogen and oxygen atoms in total. The summed E-state index contributed by atoms with van der Waals surface area (Å²) in [7, 11) is 0. The lowest BCUT2D eigenvalue weighted by Crippen LogP contribution is -2.70. The molecule has 1 aromatic heterocycles. The Labute approximate surface area is 253 Å². The average molecular weight is 603 g/mol. The van der Waals surface area contributed by atoms with Crippen LogP contribution in [-0.2, 0) is 50.1 Å². The minimum atomic E-state index is -1.93. The number of ketones is 1. The van der Waals surface area contributed by atoms with Gasteiger partial charge in [0.15, 0.2) is 29.9 Å². The third kappa shape index (κ3) is 3.17. The number of nitrogens with one attached hydrogen (secondary N) is 1. The fourth-order valence-corrected chi connectivity index (χ4v) is 8.99. The molecule has 3 fully saturated rings. The Morgan fingerprint density at radius 1 is 1.09 bits per heavy atom.